The van der Waals surface area contributed by atoms with Gasteiger partial charge in [0.15, 0.2) is 5.75 Å². The second-order valence-corrected chi connectivity index (χ2v) is 4.23. The SMILES string of the molecule is Cn1cc(OCc2ccn(-c3ccccc3)n2)cn1. The number of hydrogen-bond acceptors (Lipinski definition) is 3. The third kappa shape index (κ3) is 2.65. The van der Waals surface area contributed by atoms with Crippen molar-refractivity contribution in [3.8, 4) is 11.4 Å². The molecule has 2 aromatic heterocycles. The Labute approximate surface area is 111 Å². The molecule has 96 valence electrons. The highest BCUT2D eigenvalue weighted by molar-refractivity contribution is 5.30. The number of aromatic nitrogens is 4. The summed E-state index contributed by atoms with van der Waals surface area (Å²) in [4.78, 5) is 0. The Hall–Kier alpha value is -2.56. The summed E-state index contributed by atoms with van der Waals surface area (Å²) < 4.78 is 9.14. The van der Waals surface area contributed by atoms with Crippen LogP contribution in [0.25, 0.3) is 5.69 Å². The summed E-state index contributed by atoms with van der Waals surface area (Å²) in [5.74, 6) is 0.747. The van der Waals surface area contributed by atoms with Gasteiger partial charge in [-0.1, -0.05) is 18.2 Å². The summed E-state index contributed by atoms with van der Waals surface area (Å²) in [6.07, 6.45) is 5.44. The minimum Gasteiger partial charge on any atom is -0.484 e. The molecule has 0 aliphatic rings. The summed E-state index contributed by atoms with van der Waals surface area (Å²) >= 11 is 0. The monoisotopic (exact) mass is 254 g/mol. The van der Waals surface area contributed by atoms with Gasteiger partial charge in [-0.05, 0) is 18.2 Å². The topological polar surface area (TPSA) is 44.9 Å². The Morgan fingerprint density at radius 1 is 1.16 bits per heavy atom. The molecular weight excluding hydrogens is 240 g/mol. The Morgan fingerprint density at radius 2 is 2.00 bits per heavy atom. The average molecular weight is 254 g/mol. The first kappa shape index (κ1) is 11.5. The third-order valence-corrected chi connectivity index (χ3v) is 2.73. The van der Waals surface area contributed by atoms with Crippen LogP contribution in [0.15, 0.2) is 55.0 Å². The van der Waals surface area contributed by atoms with Crippen LogP contribution in [0.3, 0.4) is 0 Å². The van der Waals surface area contributed by atoms with Gasteiger partial charge in [-0.2, -0.15) is 10.2 Å². The van der Waals surface area contributed by atoms with E-state index in [1.54, 1.807) is 10.9 Å². The highest BCUT2D eigenvalue weighted by atomic mass is 16.5. The second-order valence-electron chi connectivity index (χ2n) is 4.23. The van der Waals surface area contributed by atoms with E-state index in [0.29, 0.717) is 6.61 Å². The highest BCUT2D eigenvalue weighted by Gasteiger charge is 2.03. The zero-order valence-electron chi connectivity index (χ0n) is 10.6. The van der Waals surface area contributed by atoms with Gasteiger partial charge in [0, 0.05) is 13.2 Å². The number of benzene rings is 1. The molecule has 5 nitrogen and oxygen atoms in total. The van der Waals surface area contributed by atoms with E-state index in [4.69, 9.17) is 4.74 Å². The molecule has 0 saturated carbocycles. The molecule has 3 aromatic rings. The van der Waals surface area contributed by atoms with Crippen molar-refractivity contribution >= 4 is 0 Å². The van der Waals surface area contributed by atoms with Gasteiger partial charge in [0.05, 0.1) is 18.1 Å². The Kier molecular flexibility index (Phi) is 3.02. The van der Waals surface area contributed by atoms with Gasteiger partial charge in [-0.15, -0.1) is 0 Å². The predicted octanol–water partition coefficient (Wildman–Crippen LogP) is 2.18. The molecule has 1 aromatic carbocycles. The van der Waals surface area contributed by atoms with E-state index >= 15 is 0 Å². The minimum atomic E-state index is 0.436. The number of nitrogens with zero attached hydrogens (tertiary/aromatic N) is 4. The first-order valence-electron chi connectivity index (χ1n) is 6.03. The van der Waals surface area contributed by atoms with Gasteiger partial charge in [-0.25, -0.2) is 4.68 Å². The molecule has 0 spiro atoms. The van der Waals surface area contributed by atoms with Crippen LogP contribution in [0.2, 0.25) is 0 Å². The predicted molar refractivity (Wildman–Crippen MR) is 71.1 cm³/mol. The Balaban J connectivity index is 1.68. The lowest BCUT2D eigenvalue weighted by Crippen LogP contribution is -1.99. The molecule has 0 saturated heterocycles. The van der Waals surface area contributed by atoms with Crippen LogP contribution in [-0.4, -0.2) is 19.6 Å². The normalized spacial score (nSPS) is 10.6. The summed E-state index contributed by atoms with van der Waals surface area (Å²) in [5, 5.41) is 8.51. The smallest absolute Gasteiger partial charge is 0.157 e. The number of ether oxygens (including phenoxy) is 1. The fourth-order valence-corrected chi connectivity index (χ4v) is 1.79. The molecule has 0 bridgehead atoms. The Morgan fingerprint density at radius 3 is 2.74 bits per heavy atom. The van der Waals surface area contributed by atoms with E-state index < -0.39 is 0 Å². The van der Waals surface area contributed by atoms with Crippen molar-refractivity contribution in [2.24, 2.45) is 7.05 Å². The van der Waals surface area contributed by atoms with Crippen LogP contribution < -0.4 is 4.74 Å². The van der Waals surface area contributed by atoms with E-state index in [-0.39, 0.29) is 0 Å². The molecule has 2 heterocycles. The van der Waals surface area contributed by atoms with Gasteiger partial charge in [0.1, 0.15) is 12.3 Å². The number of aryl methyl sites for hydroxylation is 1. The summed E-state index contributed by atoms with van der Waals surface area (Å²) in [5.41, 5.74) is 1.92. The highest BCUT2D eigenvalue weighted by Crippen LogP contribution is 2.11. The number of hydrogen-bond donors (Lipinski definition) is 0. The largest absolute Gasteiger partial charge is 0.484 e. The zero-order chi connectivity index (χ0) is 13.1. The lowest BCUT2D eigenvalue weighted by Gasteiger charge is -2.01. The van der Waals surface area contributed by atoms with Crippen LogP contribution in [-0.2, 0) is 13.7 Å². The molecule has 0 unspecified atom stereocenters. The number of rotatable bonds is 4. The van der Waals surface area contributed by atoms with E-state index in [9.17, 15) is 0 Å². The maximum atomic E-state index is 5.60. The van der Waals surface area contributed by atoms with Gasteiger partial charge < -0.3 is 4.74 Å². The fourth-order valence-electron chi connectivity index (χ4n) is 1.79. The second kappa shape index (κ2) is 4.97. The van der Waals surface area contributed by atoms with E-state index in [1.807, 2.05) is 60.5 Å². The molecule has 19 heavy (non-hydrogen) atoms. The molecule has 0 N–H and O–H groups in total. The van der Waals surface area contributed by atoms with Gasteiger partial charge >= 0.3 is 0 Å². The van der Waals surface area contributed by atoms with Crippen molar-refractivity contribution in [2.45, 2.75) is 6.61 Å². The van der Waals surface area contributed by atoms with Crippen molar-refractivity contribution in [3.63, 3.8) is 0 Å². The molecule has 0 atom stereocenters. The van der Waals surface area contributed by atoms with Crippen molar-refractivity contribution in [1.29, 1.82) is 0 Å². The molecule has 3 rings (SSSR count). The molecule has 0 aliphatic carbocycles. The minimum absolute atomic E-state index is 0.436. The van der Waals surface area contributed by atoms with Gasteiger partial charge in [0.25, 0.3) is 0 Å². The quantitative estimate of drug-likeness (QED) is 0.717. The van der Waals surface area contributed by atoms with Crippen molar-refractivity contribution < 1.29 is 4.74 Å². The molecule has 0 amide bonds. The van der Waals surface area contributed by atoms with E-state index in [1.165, 1.54) is 0 Å². The summed E-state index contributed by atoms with van der Waals surface area (Å²) in [7, 11) is 1.86. The standard InChI is InChI=1S/C14H14N4O/c1-17-10-14(9-15-17)19-11-12-7-8-18(16-12)13-5-3-2-4-6-13/h2-10H,11H2,1H3. The molecular formula is C14H14N4O. The van der Waals surface area contributed by atoms with Gasteiger partial charge in [-0.3, -0.25) is 4.68 Å². The van der Waals surface area contributed by atoms with Crippen LogP contribution in [0.1, 0.15) is 5.69 Å². The zero-order valence-corrected chi connectivity index (χ0v) is 10.6. The van der Waals surface area contributed by atoms with Crippen LogP contribution in [0.5, 0.6) is 5.75 Å². The molecule has 0 aliphatic heterocycles. The van der Waals surface area contributed by atoms with E-state index in [2.05, 4.69) is 10.2 Å². The molecule has 5 heteroatoms. The van der Waals surface area contributed by atoms with Crippen molar-refractivity contribution in [1.82, 2.24) is 19.6 Å². The van der Waals surface area contributed by atoms with Gasteiger partial charge in [0.2, 0.25) is 0 Å². The van der Waals surface area contributed by atoms with Crippen molar-refractivity contribution in [2.75, 3.05) is 0 Å². The van der Waals surface area contributed by atoms with Crippen LogP contribution >= 0.6 is 0 Å². The lowest BCUT2D eigenvalue weighted by atomic mass is 10.3. The first-order chi connectivity index (χ1) is 9.31. The summed E-state index contributed by atoms with van der Waals surface area (Å²) in [6.45, 7) is 0.436. The fraction of sp³-hybridized carbons (Fsp3) is 0.143. The summed E-state index contributed by atoms with van der Waals surface area (Å²) in [6, 6.07) is 11.9. The third-order valence-electron chi connectivity index (χ3n) is 2.73. The molecule has 0 radical (unpaired) electrons. The van der Waals surface area contributed by atoms with Crippen LogP contribution in [0, 0.1) is 0 Å². The van der Waals surface area contributed by atoms with Crippen molar-refractivity contribution in [3.05, 3.63) is 60.7 Å². The lowest BCUT2D eigenvalue weighted by molar-refractivity contribution is 0.300. The maximum absolute atomic E-state index is 5.60. The van der Waals surface area contributed by atoms with E-state index in [0.717, 1.165) is 17.1 Å². The first-order valence-corrected chi connectivity index (χ1v) is 6.03. The maximum Gasteiger partial charge on any atom is 0.157 e. The van der Waals surface area contributed by atoms with Crippen LogP contribution in [0.4, 0.5) is 0 Å². The number of para-hydroxylation sites is 1. The Bertz CT molecular complexity index is 657. The molecule has 0 fully saturated rings. The average Bonchev–Trinajstić information content (AvgIpc) is 3.06.